The molecule has 0 spiro atoms. The number of carbonyl (C=O) groups is 1. The standard InChI is InChI=1S/C21H32N2O4S/c1-5-18(6-2)23(19-9-10-19)21(24)17-7-11-20(12-8-17)28(25,26)22-13-15(3)27-16(4)14-22/h7-8,11-12,15-16,18-19H,5-6,9-10,13-14H2,1-4H3/t15-,16-/m0/s1. The predicted molar refractivity (Wildman–Crippen MR) is 109 cm³/mol. The van der Waals surface area contributed by atoms with E-state index in [0.717, 1.165) is 25.7 Å². The van der Waals surface area contributed by atoms with Crippen LogP contribution in [0.2, 0.25) is 0 Å². The largest absolute Gasteiger partial charge is 0.373 e. The topological polar surface area (TPSA) is 66.9 Å². The first-order valence-corrected chi connectivity index (χ1v) is 11.8. The number of carbonyl (C=O) groups excluding carboxylic acids is 1. The molecule has 1 aliphatic carbocycles. The molecule has 28 heavy (non-hydrogen) atoms. The number of rotatable bonds is 7. The average Bonchev–Trinajstić information content (AvgIpc) is 3.49. The molecule has 6 nitrogen and oxygen atoms in total. The van der Waals surface area contributed by atoms with Crippen LogP contribution in [0.15, 0.2) is 29.2 Å². The Labute approximate surface area is 168 Å². The summed E-state index contributed by atoms with van der Waals surface area (Å²) in [4.78, 5) is 15.3. The molecule has 1 saturated heterocycles. The van der Waals surface area contributed by atoms with Gasteiger partial charge in [0.25, 0.3) is 5.91 Å². The van der Waals surface area contributed by atoms with E-state index in [9.17, 15) is 13.2 Å². The Bertz CT molecular complexity index is 775. The Hall–Kier alpha value is -1.44. The molecule has 1 aliphatic heterocycles. The second-order valence-electron chi connectivity index (χ2n) is 8.02. The van der Waals surface area contributed by atoms with Gasteiger partial charge in [-0.1, -0.05) is 13.8 Å². The molecule has 0 aromatic heterocycles. The van der Waals surface area contributed by atoms with Gasteiger partial charge < -0.3 is 9.64 Å². The van der Waals surface area contributed by atoms with Gasteiger partial charge in [-0.05, 0) is 63.8 Å². The molecule has 0 radical (unpaired) electrons. The third-order valence-electron chi connectivity index (χ3n) is 5.64. The molecule has 7 heteroatoms. The Morgan fingerprint density at radius 1 is 1.11 bits per heavy atom. The van der Waals surface area contributed by atoms with Gasteiger partial charge in [0.15, 0.2) is 0 Å². The highest BCUT2D eigenvalue weighted by molar-refractivity contribution is 7.89. The van der Waals surface area contributed by atoms with Crippen LogP contribution in [0.4, 0.5) is 0 Å². The highest BCUT2D eigenvalue weighted by Gasteiger charge is 2.37. The number of sulfonamides is 1. The number of benzene rings is 1. The molecule has 1 saturated carbocycles. The maximum atomic E-state index is 13.1. The first-order chi connectivity index (χ1) is 13.3. The minimum Gasteiger partial charge on any atom is -0.373 e. The van der Waals surface area contributed by atoms with Crippen LogP contribution in [0.1, 0.15) is 63.7 Å². The zero-order chi connectivity index (χ0) is 20.5. The molecule has 156 valence electrons. The summed E-state index contributed by atoms with van der Waals surface area (Å²) in [6, 6.07) is 6.99. The molecule has 1 aromatic carbocycles. The van der Waals surface area contributed by atoms with E-state index >= 15 is 0 Å². The van der Waals surface area contributed by atoms with Crippen LogP contribution in [0.3, 0.4) is 0 Å². The van der Waals surface area contributed by atoms with Crippen LogP contribution in [-0.4, -0.2) is 60.9 Å². The molecule has 2 fully saturated rings. The van der Waals surface area contributed by atoms with E-state index in [0.29, 0.717) is 24.7 Å². The van der Waals surface area contributed by atoms with E-state index in [1.807, 2.05) is 18.7 Å². The van der Waals surface area contributed by atoms with Crippen LogP contribution in [0.25, 0.3) is 0 Å². The number of hydrogen-bond acceptors (Lipinski definition) is 4. The third kappa shape index (κ3) is 4.42. The van der Waals surface area contributed by atoms with Crippen LogP contribution >= 0.6 is 0 Å². The lowest BCUT2D eigenvalue weighted by atomic mass is 10.1. The van der Waals surface area contributed by atoms with Gasteiger partial charge in [0, 0.05) is 30.7 Å². The molecule has 1 heterocycles. The smallest absolute Gasteiger partial charge is 0.254 e. The first kappa shape index (κ1) is 21.3. The molecule has 0 unspecified atom stereocenters. The van der Waals surface area contributed by atoms with Crippen molar-refractivity contribution in [2.24, 2.45) is 0 Å². The van der Waals surface area contributed by atoms with Gasteiger partial charge in [-0.2, -0.15) is 4.31 Å². The summed E-state index contributed by atoms with van der Waals surface area (Å²) in [6.07, 6.45) is 3.71. The van der Waals surface area contributed by atoms with Gasteiger partial charge in [0.2, 0.25) is 10.0 Å². The molecular weight excluding hydrogens is 376 g/mol. The van der Waals surface area contributed by atoms with E-state index in [1.165, 1.54) is 4.31 Å². The zero-order valence-corrected chi connectivity index (χ0v) is 18.1. The molecule has 0 N–H and O–H groups in total. The lowest BCUT2D eigenvalue weighted by molar-refractivity contribution is -0.0440. The fourth-order valence-corrected chi connectivity index (χ4v) is 5.65. The van der Waals surface area contributed by atoms with Crippen molar-refractivity contribution in [3.63, 3.8) is 0 Å². The normalized spacial score (nSPS) is 23.8. The molecule has 2 aliphatic rings. The van der Waals surface area contributed by atoms with Gasteiger partial charge >= 0.3 is 0 Å². The Balaban J connectivity index is 1.79. The van der Waals surface area contributed by atoms with Gasteiger partial charge in [-0.25, -0.2) is 8.42 Å². The van der Waals surface area contributed by atoms with Crippen molar-refractivity contribution in [1.82, 2.24) is 9.21 Å². The molecule has 1 aromatic rings. The maximum absolute atomic E-state index is 13.1. The van der Waals surface area contributed by atoms with Crippen molar-refractivity contribution in [3.8, 4) is 0 Å². The van der Waals surface area contributed by atoms with E-state index in [1.54, 1.807) is 24.3 Å². The lowest BCUT2D eigenvalue weighted by Gasteiger charge is -2.34. The Morgan fingerprint density at radius 3 is 2.11 bits per heavy atom. The van der Waals surface area contributed by atoms with Crippen LogP contribution in [-0.2, 0) is 14.8 Å². The van der Waals surface area contributed by atoms with E-state index in [4.69, 9.17) is 4.74 Å². The summed E-state index contributed by atoms with van der Waals surface area (Å²) in [5.74, 6) is 0.00812. The third-order valence-corrected chi connectivity index (χ3v) is 7.48. The molecule has 3 rings (SSSR count). The Morgan fingerprint density at radius 2 is 1.64 bits per heavy atom. The monoisotopic (exact) mass is 408 g/mol. The second kappa shape index (κ2) is 8.51. The Kier molecular flexibility index (Phi) is 6.47. The van der Waals surface area contributed by atoms with E-state index in [-0.39, 0.29) is 29.1 Å². The summed E-state index contributed by atoms with van der Waals surface area (Å²) < 4.78 is 33.1. The molecule has 0 bridgehead atoms. The highest BCUT2D eigenvalue weighted by atomic mass is 32.2. The molecule has 2 atom stereocenters. The summed E-state index contributed by atoms with van der Waals surface area (Å²) in [7, 11) is -3.59. The number of morpholine rings is 1. The van der Waals surface area contributed by atoms with Gasteiger partial charge in [0.1, 0.15) is 0 Å². The van der Waals surface area contributed by atoms with Crippen molar-refractivity contribution in [2.45, 2.75) is 82.6 Å². The van der Waals surface area contributed by atoms with Gasteiger partial charge in [-0.3, -0.25) is 4.79 Å². The zero-order valence-electron chi connectivity index (χ0n) is 17.3. The number of amides is 1. The van der Waals surface area contributed by atoms with Crippen molar-refractivity contribution >= 4 is 15.9 Å². The summed E-state index contributed by atoms with van der Waals surface area (Å²) in [5, 5.41) is 0. The fourth-order valence-electron chi connectivity index (χ4n) is 4.06. The summed E-state index contributed by atoms with van der Waals surface area (Å²) in [6.45, 7) is 8.66. The summed E-state index contributed by atoms with van der Waals surface area (Å²) in [5.41, 5.74) is 0.557. The van der Waals surface area contributed by atoms with Gasteiger partial charge in [0.05, 0.1) is 17.1 Å². The minimum absolute atomic E-state index is 0.00812. The van der Waals surface area contributed by atoms with Crippen molar-refractivity contribution < 1.29 is 17.9 Å². The fraction of sp³-hybridized carbons (Fsp3) is 0.667. The van der Waals surface area contributed by atoms with Crippen molar-refractivity contribution in [1.29, 1.82) is 0 Å². The SMILES string of the molecule is CCC(CC)N(C(=O)c1ccc(S(=O)(=O)N2C[C@H](C)O[C@@H](C)C2)cc1)C1CC1. The molecule has 1 amide bonds. The predicted octanol–water partition coefficient (Wildman–Crippen LogP) is 3.28. The number of nitrogens with zero attached hydrogens (tertiary/aromatic N) is 2. The van der Waals surface area contributed by atoms with E-state index in [2.05, 4.69) is 13.8 Å². The average molecular weight is 409 g/mol. The number of ether oxygens (including phenoxy) is 1. The number of hydrogen-bond donors (Lipinski definition) is 0. The van der Waals surface area contributed by atoms with Crippen LogP contribution in [0, 0.1) is 0 Å². The van der Waals surface area contributed by atoms with Crippen LogP contribution in [0.5, 0.6) is 0 Å². The van der Waals surface area contributed by atoms with Crippen LogP contribution < -0.4 is 0 Å². The second-order valence-corrected chi connectivity index (χ2v) is 9.96. The maximum Gasteiger partial charge on any atom is 0.254 e. The lowest BCUT2D eigenvalue weighted by Crippen LogP contribution is -2.48. The van der Waals surface area contributed by atoms with Crippen molar-refractivity contribution in [3.05, 3.63) is 29.8 Å². The minimum atomic E-state index is -3.59. The van der Waals surface area contributed by atoms with Gasteiger partial charge in [-0.15, -0.1) is 0 Å². The highest BCUT2D eigenvalue weighted by Crippen LogP contribution is 2.32. The first-order valence-electron chi connectivity index (χ1n) is 10.4. The van der Waals surface area contributed by atoms with E-state index < -0.39 is 10.0 Å². The molecular formula is C21H32N2O4S. The quantitative estimate of drug-likeness (QED) is 0.694. The van der Waals surface area contributed by atoms with Crippen molar-refractivity contribution in [2.75, 3.05) is 13.1 Å². The summed E-state index contributed by atoms with van der Waals surface area (Å²) >= 11 is 0.